The van der Waals surface area contributed by atoms with Crippen LogP contribution in [0.1, 0.15) is 16.1 Å². The first-order chi connectivity index (χ1) is 8.81. The van der Waals surface area contributed by atoms with Gasteiger partial charge in [0.25, 0.3) is 5.91 Å². The quantitative estimate of drug-likeness (QED) is 0.608. The van der Waals surface area contributed by atoms with Gasteiger partial charge in [-0.15, -0.1) is 0 Å². The Morgan fingerprint density at radius 1 is 1.50 bits per heavy atom. The summed E-state index contributed by atoms with van der Waals surface area (Å²) in [6.45, 7) is 0. The van der Waals surface area contributed by atoms with Gasteiger partial charge in [-0.25, -0.2) is 5.43 Å². The Kier molecular flexibility index (Phi) is 3.65. The number of amides is 1. The molecular formula is C11H11N5O2. The maximum atomic E-state index is 11.5. The first-order valence-electron chi connectivity index (χ1n) is 5.13. The third-order valence-electron chi connectivity index (χ3n) is 2.16. The molecule has 0 bridgehead atoms. The second-order valence-electron chi connectivity index (χ2n) is 3.30. The number of aromatic amines is 1. The number of para-hydroxylation sites is 1. The molecule has 7 nitrogen and oxygen atoms in total. The largest absolute Gasteiger partial charge is 0.496 e. The third-order valence-corrected chi connectivity index (χ3v) is 2.16. The maximum Gasteiger partial charge on any atom is 0.293 e. The average Bonchev–Trinajstić information content (AvgIpc) is 2.93. The Morgan fingerprint density at radius 3 is 3.06 bits per heavy atom. The SMILES string of the molecule is COc1ccccc1C=NNC(=O)c1cn[nH]n1. The average molecular weight is 245 g/mol. The van der Waals surface area contributed by atoms with Crippen molar-refractivity contribution in [3.63, 3.8) is 0 Å². The maximum absolute atomic E-state index is 11.5. The van der Waals surface area contributed by atoms with Gasteiger partial charge in [0.1, 0.15) is 5.75 Å². The first-order valence-corrected chi connectivity index (χ1v) is 5.13. The molecular weight excluding hydrogens is 234 g/mol. The molecule has 2 rings (SSSR count). The Balaban J connectivity index is 2.01. The van der Waals surface area contributed by atoms with Gasteiger partial charge in [-0.3, -0.25) is 4.79 Å². The van der Waals surface area contributed by atoms with Crippen molar-refractivity contribution in [3.8, 4) is 5.75 Å². The van der Waals surface area contributed by atoms with Gasteiger partial charge >= 0.3 is 0 Å². The Morgan fingerprint density at radius 2 is 2.33 bits per heavy atom. The van der Waals surface area contributed by atoms with Gasteiger partial charge in [0, 0.05) is 5.56 Å². The molecule has 0 aliphatic carbocycles. The van der Waals surface area contributed by atoms with Gasteiger partial charge in [-0.05, 0) is 12.1 Å². The second kappa shape index (κ2) is 5.58. The van der Waals surface area contributed by atoms with E-state index in [-0.39, 0.29) is 5.69 Å². The molecule has 2 N–H and O–H groups in total. The second-order valence-corrected chi connectivity index (χ2v) is 3.30. The molecule has 0 saturated heterocycles. The van der Waals surface area contributed by atoms with Gasteiger partial charge in [-0.1, -0.05) is 12.1 Å². The van der Waals surface area contributed by atoms with E-state index in [1.165, 1.54) is 12.4 Å². The number of nitrogens with zero attached hydrogens (tertiary/aromatic N) is 3. The summed E-state index contributed by atoms with van der Waals surface area (Å²) < 4.78 is 5.14. The standard InChI is InChI=1S/C11H11N5O2/c1-18-10-5-3-2-4-8(10)6-12-15-11(17)9-7-13-16-14-9/h2-7H,1H3,(H,15,17)(H,13,14,16). The summed E-state index contributed by atoms with van der Waals surface area (Å²) in [5, 5.41) is 13.3. The van der Waals surface area contributed by atoms with Crippen molar-refractivity contribution >= 4 is 12.1 Å². The highest BCUT2D eigenvalue weighted by Gasteiger charge is 2.06. The molecule has 18 heavy (non-hydrogen) atoms. The van der Waals surface area contributed by atoms with Crippen LogP contribution < -0.4 is 10.2 Å². The molecule has 0 fully saturated rings. The molecule has 0 saturated carbocycles. The fourth-order valence-corrected chi connectivity index (χ4v) is 1.30. The number of aromatic nitrogens is 3. The number of hydrazone groups is 1. The minimum Gasteiger partial charge on any atom is -0.496 e. The fraction of sp³-hybridized carbons (Fsp3) is 0.0909. The first kappa shape index (κ1) is 11.8. The zero-order valence-electron chi connectivity index (χ0n) is 9.62. The summed E-state index contributed by atoms with van der Waals surface area (Å²) in [6, 6.07) is 7.33. The monoisotopic (exact) mass is 245 g/mol. The van der Waals surface area contributed by atoms with E-state index >= 15 is 0 Å². The van der Waals surface area contributed by atoms with E-state index < -0.39 is 5.91 Å². The Hall–Kier alpha value is -2.70. The lowest BCUT2D eigenvalue weighted by molar-refractivity contribution is 0.0950. The summed E-state index contributed by atoms with van der Waals surface area (Å²) in [5.74, 6) is 0.242. The summed E-state index contributed by atoms with van der Waals surface area (Å²) in [4.78, 5) is 11.5. The van der Waals surface area contributed by atoms with Crippen LogP contribution in [0.15, 0.2) is 35.6 Å². The van der Waals surface area contributed by atoms with Crippen LogP contribution in [-0.2, 0) is 0 Å². The van der Waals surface area contributed by atoms with Gasteiger partial charge in [0.15, 0.2) is 5.69 Å². The zero-order chi connectivity index (χ0) is 12.8. The number of methoxy groups -OCH3 is 1. The lowest BCUT2D eigenvalue weighted by atomic mass is 10.2. The number of H-pyrrole nitrogens is 1. The number of nitrogens with one attached hydrogen (secondary N) is 2. The molecule has 1 amide bonds. The van der Waals surface area contributed by atoms with Crippen LogP contribution in [-0.4, -0.2) is 34.6 Å². The van der Waals surface area contributed by atoms with Gasteiger partial charge in [0.2, 0.25) is 0 Å². The fourth-order valence-electron chi connectivity index (χ4n) is 1.30. The van der Waals surface area contributed by atoms with Crippen LogP contribution in [0.25, 0.3) is 0 Å². The van der Waals surface area contributed by atoms with Gasteiger partial charge in [0.05, 0.1) is 19.5 Å². The minimum atomic E-state index is -0.435. The molecule has 0 spiro atoms. The topological polar surface area (TPSA) is 92.3 Å². The highest BCUT2D eigenvalue weighted by molar-refractivity contribution is 5.93. The Labute approximate surface area is 103 Å². The number of rotatable bonds is 4. The Bertz CT molecular complexity index is 550. The van der Waals surface area contributed by atoms with E-state index in [1.54, 1.807) is 13.2 Å². The van der Waals surface area contributed by atoms with Crippen LogP contribution in [0, 0.1) is 0 Å². The molecule has 0 unspecified atom stereocenters. The molecule has 92 valence electrons. The molecule has 0 aliphatic heterocycles. The minimum absolute atomic E-state index is 0.173. The number of carbonyl (C=O) groups is 1. The number of carbonyl (C=O) groups excluding carboxylic acids is 1. The van der Waals surface area contributed by atoms with Crippen LogP contribution in [0.3, 0.4) is 0 Å². The smallest absolute Gasteiger partial charge is 0.293 e. The predicted molar refractivity (Wildman–Crippen MR) is 64.4 cm³/mol. The van der Waals surface area contributed by atoms with Crippen molar-refractivity contribution in [2.24, 2.45) is 5.10 Å². The lowest BCUT2D eigenvalue weighted by Crippen LogP contribution is -2.18. The summed E-state index contributed by atoms with van der Waals surface area (Å²) in [6.07, 6.45) is 2.81. The number of hydrogen-bond donors (Lipinski definition) is 2. The third kappa shape index (κ3) is 2.70. The van der Waals surface area contributed by atoms with Gasteiger partial charge in [-0.2, -0.15) is 20.5 Å². The summed E-state index contributed by atoms with van der Waals surface area (Å²) in [7, 11) is 1.57. The molecule has 1 aromatic heterocycles. The van der Waals surface area contributed by atoms with Crippen molar-refractivity contribution < 1.29 is 9.53 Å². The van der Waals surface area contributed by atoms with E-state index in [1.807, 2.05) is 18.2 Å². The van der Waals surface area contributed by atoms with Crippen LogP contribution in [0.5, 0.6) is 5.75 Å². The molecule has 0 aliphatic rings. The molecule has 0 atom stereocenters. The van der Waals surface area contributed by atoms with Crippen molar-refractivity contribution in [2.75, 3.05) is 7.11 Å². The van der Waals surface area contributed by atoms with E-state index in [9.17, 15) is 4.79 Å². The number of benzene rings is 1. The van der Waals surface area contributed by atoms with E-state index in [0.29, 0.717) is 5.75 Å². The van der Waals surface area contributed by atoms with Crippen molar-refractivity contribution in [1.29, 1.82) is 0 Å². The lowest BCUT2D eigenvalue weighted by Gasteiger charge is -2.02. The number of hydrogen-bond acceptors (Lipinski definition) is 5. The molecule has 7 heteroatoms. The van der Waals surface area contributed by atoms with Crippen LogP contribution >= 0.6 is 0 Å². The van der Waals surface area contributed by atoms with Crippen molar-refractivity contribution in [1.82, 2.24) is 20.8 Å². The van der Waals surface area contributed by atoms with Crippen LogP contribution in [0.4, 0.5) is 0 Å². The zero-order valence-corrected chi connectivity index (χ0v) is 9.62. The summed E-state index contributed by atoms with van der Waals surface area (Å²) >= 11 is 0. The van der Waals surface area contributed by atoms with E-state index in [4.69, 9.17) is 4.74 Å². The highest BCUT2D eigenvalue weighted by atomic mass is 16.5. The van der Waals surface area contributed by atoms with E-state index in [0.717, 1.165) is 5.56 Å². The van der Waals surface area contributed by atoms with Gasteiger partial charge < -0.3 is 4.74 Å². The molecule has 1 heterocycles. The van der Waals surface area contributed by atoms with Crippen molar-refractivity contribution in [2.45, 2.75) is 0 Å². The van der Waals surface area contributed by atoms with Crippen molar-refractivity contribution in [3.05, 3.63) is 41.7 Å². The molecule has 1 aromatic carbocycles. The predicted octanol–water partition coefficient (Wildman–Crippen LogP) is 0.577. The molecule has 2 aromatic rings. The normalized spacial score (nSPS) is 10.5. The molecule has 0 radical (unpaired) electrons. The summed E-state index contributed by atoms with van der Waals surface area (Å²) in [5.41, 5.74) is 3.27. The highest BCUT2D eigenvalue weighted by Crippen LogP contribution is 2.14. The number of ether oxygens (including phenoxy) is 1. The van der Waals surface area contributed by atoms with Crippen LogP contribution in [0.2, 0.25) is 0 Å². The van der Waals surface area contributed by atoms with E-state index in [2.05, 4.69) is 25.9 Å².